The standard InChI is InChI=1S/C10H14ClN3OS/c11-8-3-4-9(16-8)14-10(15)13-6-7-2-1-5-12-7/h3-4,7,12H,1-2,5-6H2,(H2,13,14,15). The molecular weight excluding hydrogens is 246 g/mol. The molecule has 6 heteroatoms. The van der Waals surface area contributed by atoms with Crippen molar-refractivity contribution in [2.45, 2.75) is 18.9 Å². The van der Waals surface area contributed by atoms with E-state index in [0.29, 0.717) is 16.9 Å². The monoisotopic (exact) mass is 259 g/mol. The number of rotatable bonds is 3. The molecule has 2 rings (SSSR count). The lowest BCUT2D eigenvalue weighted by Crippen LogP contribution is -2.39. The minimum atomic E-state index is -0.174. The van der Waals surface area contributed by atoms with Gasteiger partial charge in [0, 0.05) is 12.6 Å². The van der Waals surface area contributed by atoms with E-state index in [2.05, 4.69) is 16.0 Å². The highest BCUT2D eigenvalue weighted by Crippen LogP contribution is 2.25. The van der Waals surface area contributed by atoms with Gasteiger partial charge in [0.05, 0.1) is 9.34 Å². The Morgan fingerprint density at radius 2 is 2.50 bits per heavy atom. The average Bonchev–Trinajstić information content (AvgIpc) is 2.87. The Hall–Kier alpha value is -0.780. The molecule has 1 fully saturated rings. The molecule has 1 saturated heterocycles. The lowest BCUT2D eigenvalue weighted by atomic mass is 10.2. The molecule has 3 N–H and O–H groups in total. The van der Waals surface area contributed by atoms with E-state index in [9.17, 15) is 4.79 Å². The second kappa shape index (κ2) is 5.52. The van der Waals surface area contributed by atoms with Crippen molar-refractivity contribution in [3.8, 4) is 0 Å². The van der Waals surface area contributed by atoms with Crippen molar-refractivity contribution in [3.05, 3.63) is 16.5 Å². The largest absolute Gasteiger partial charge is 0.336 e. The first-order valence-electron chi connectivity index (χ1n) is 5.27. The second-order valence-electron chi connectivity index (χ2n) is 3.73. The van der Waals surface area contributed by atoms with E-state index in [-0.39, 0.29) is 6.03 Å². The number of anilines is 1. The summed E-state index contributed by atoms with van der Waals surface area (Å²) in [7, 11) is 0. The Morgan fingerprint density at radius 1 is 1.62 bits per heavy atom. The van der Waals surface area contributed by atoms with Crippen LogP contribution in [0.5, 0.6) is 0 Å². The Bertz CT molecular complexity index is 363. The maximum Gasteiger partial charge on any atom is 0.319 e. The molecule has 0 aliphatic carbocycles. The highest BCUT2D eigenvalue weighted by molar-refractivity contribution is 7.20. The first-order chi connectivity index (χ1) is 7.74. The predicted molar refractivity (Wildman–Crippen MR) is 67.4 cm³/mol. The van der Waals surface area contributed by atoms with E-state index in [4.69, 9.17) is 11.6 Å². The van der Waals surface area contributed by atoms with Crippen LogP contribution < -0.4 is 16.0 Å². The minimum Gasteiger partial charge on any atom is -0.336 e. The number of carbonyl (C=O) groups is 1. The molecule has 16 heavy (non-hydrogen) atoms. The van der Waals surface area contributed by atoms with Crippen molar-refractivity contribution in [1.29, 1.82) is 0 Å². The zero-order valence-corrected chi connectivity index (χ0v) is 10.3. The molecule has 0 spiro atoms. The van der Waals surface area contributed by atoms with Crippen LogP contribution in [0.15, 0.2) is 12.1 Å². The molecule has 1 aliphatic heterocycles. The maximum absolute atomic E-state index is 11.5. The fourth-order valence-corrected chi connectivity index (χ4v) is 2.62. The molecule has 4 nitrogen and oxygen atoms in total. The minimum absolute atomic E-state index is 0.174. The molecule has 0 bridgehead atoms. The van der Waals surface area contributed by atoms with E-state index in [0.717, 1.165) is 18.0 Å². The van der Waals surface area contributed by atoms with Crippen LogP contribution in [-0.2, 0) is 0 Å². The summed E-state index contributed by atoms with van der Waals surface area (Å²) in [4.78, 5) is 11.5. The van der Waals surface area contributed by atoms with E-state index in [1.54, 1.807) is 12.1 Å². The normalized spacial score (nSPS) is 19.7. The van der Waals surface area contributed by atoms with Gasteiger partial charge in [-0.2, -0.15) is 0 Å². The topological polar surface area (TPSA) is 53.2 Å². The van der Waals surface area contributed by atoms with Gasteiger partial charge in [0.2, 0.25) is 0 Å². The van der Waals surface area contributed by atoms with Gasteiger partial charge in [0.1, 0.15) is 0 Å². The summed E-state index contributed by atoms with van der Waals surface area (Å²) in [5, 5.41) is 9.66. The maximum atomic E-state index is 11.5. The number of carbonyl (C=O) groups excluding carboxylic acids is 1. The summed E-state index contributed by atoms with van der Waals surface area (Å²) in [6.07, 6.45) is 2.32. The summed E-state index contributed by atoms with van der Waals surface area (Å²) in [6.45, 7) is 1.72. The fraction of sp³-hybridized carbons (Fsp3) is 0.500. The average molecular weight is 260 g/mol. The first kappa shape index (κ1) is 11.7. The van der Waals surface area contributed by atoms with Crippen LogP contribution in [0.1, 0.15) is 12.8 Å². The third-order valence-corrected chi connectivity index (χ3v) is 3.63. The number of hydrogen-bond donors (Lipinski definition) is 3. The number of nitrogens with one attached hydrogen (secondary N) is 3. The fourth-order valence-electron chi connectivity index (χ4n) is 1.68. The number of amides is 2. The van der Waals surface area contributed by atoms with Gasteiger partial charge >= 0.3 is 6.03 Å². The molecule has 2 amide bonds. The third-order valence-electron chi connectivity index (χ3n) is 2.48. The van der Waals surface area contributed by atoms with Crippen LogP contribution in [0, 0.1) is 0 Å². The Labute approximate surface area is 103 Å². The Kier molecular flexibility index (Phi) is 4.04. The van der Waals surface area contributed by atoms with Crippen LogP contribution in [0.4, 0.5) is 9.80 Å². The molecular formula is C10H14ClN3OS. The van der Waals surface area contributed by atoms with Gasteiger partial charge in [-0.05, 0) is 31.5 Å². The number of thiophene rings is 1. The second-order valence-corrected chi connectivity index (χ2v) is 5.45. The molecule has 1 aromatic heterocycles. The Morgan fingerprint density at radius 3 is 3.12 bits per heavy atom. The van der Waals surface area contributed by atoms with Crippen molar-refractivity contribution in [3.63, 3.8) is 0 Å². The van der Waals surface area contributed by atoms with E-state index >= 15 is 0 Å². The van der Waals surface area contributed by atoms with E-state index < -0.39 is 0 Å². The van der Waals surface area contributed by atoms with Gasteiger partial charge in [-0.3, -0.25) is 5.32 Å². The zero-order chi connectivity index (χ0) is 11.4. The molecule has 0 aromatic carbocycles. The van der Waals surface area contributed by atoms with Gasteiger partial charge in [0.25, 0.3) is 0 Å². The summed E-state index contributed by atoms with van der Waals surface area (Å²) in [5.74, 6) is 0. The van der Waals surface area contributed by atoms with Gasteiger partial charge in [-0.1, -0.05) is 11.6 Å². The van der Waals surface area contributed by atoms with E-state index in [1.807, 2.05) is 0 Å². The molecule has 2 heterocycles. The molecule has 1 aliphatic rings. The lowest BCUT2D eigenvalue weighted by Gasteiger charge is -2.11. The number of urea groups is 1. The Balaban J connectivity index is 1.71. The summed E-state index contributed by atoms with van der Waals surface area (Å²) < 4.78 is 0.674. The van der Waals surface area contributed by atoms with Crippen molar-refractivity contribution in [2.24, 2.45) is 0 Å². The van der Waals surface area contributed by atoms with Crippen LogP contribution in [0.25, 0.3) is 0 Å². The van der Waals surface area contributed by atoms with Gasteiger partial charge in [0.15, 0.2) is 0 Å². The SMILES string of the molecule is O=C(NCC1CCCN1)Nc1ccc(Cl)s1. The highest BCUT2D eigenvalue weighted by Gasteiger charge is 2.14. The van der Waals surface area contributed by atoms with Crippen molar-refractivity contribution >= 4 is 34.0 Å². The van der Waals surface area contributed by atoms with Crippen molar-refractivity contribution < 1.29 is 4.79 Å². The number of halogens is 1. The molecule has 0 saturated carbocycles. The van der Waals surface area contributed by atoms with Crippen molar-refractivity contribution in [1.82, 2.24) is 10.6 Å². The summed E-state index contributed by atoms with van der Waals surface area (Å²) in [5.41, 5.74) is 0. The van der Waals surface area contributed by atoms with Crippen LogP contribution in [0.3, 0.4) is 0 Å². The smallest absolute Gasteiger partial charge is 0.319 e. The quantitative estimate of drug-likeness (QED) is 0.780. The summed E-state index contributed by atoms with van der Waals surface area (Å²) in [6, 6.07) is 3.80. The van der Waals surface area contributed by atoms with Crippen molar-refractivity contribution in [2.75, 3.05) is 18.4 Å². The highest BCUT2D eigenvalue weighted by atomic mass is 35.5. The van der Waals surface area contributed by atoms with Crippen LogP contribution in [0.2, 0.25) is 4.34 Å². The third kappa shape index (κ3) is 3.37. The predicted octanol–water partition coefficient (Wildman–Crippen LogP) is 2.28. The van der Waals surface area contributed by atoms with E-state index in [1.165, 1.54) is 17.8 Å². The summed E-state index contributed by atoms with van der Waals surface area (Å²) >= 11 is 7.11. The van der Waals surface area contributed by atoms with Gasteiger partial charge in [-0.25, -0.2) is 4.79 Å². The molecule has 1 atom stereocenters. The lowest BCUT2D eigenvalue weighted by molar-refractivity contribution is 0.251. The number of hydrogen-bond acceptors (Lipinski definition) is 3. The molecule has 88 valence electrons. The van der Waals surface area contributed by atoms with Gasteiger partial charge in [-0.15, -0.1) is 11.3 Å². The molecule has 0 radical (unpaired) electrons. The van der Waals surface area contributed by atoms with Crippen LogP contribution in [-0.4, -0.2) is 25.2 Å². The zero-order valence-electron chi connectivity index (χ0n) is 8.75. The van der Waals surface area contributed by atoms with Crippen LogP contribution >= 0.6 is 22.9 Å². The molecule has 1 aromatic rings. The van der Waals surface area contributed by atoms with Gasteiger partial charge < -0.3 is 10.6 Å². The first-order valence-corrected chi connectivity index (χ1v) is 6.47. The molecule has 1 unspecified atom stereocenters.